The average Bonchev–Trinajstić information content (AvgIpc) is 3.32. The maximum absolute atomic E-state index is 13.1. The van der Waals surface area contributed by atoms with E-state index in [0.29, 0.717) is 12.5 Å². The van der Waals surface area contributed by atoms with Crippen molar-refractivity contribution in [1.29, 1.82) is 0 Å². The Balaban J connectivity index is 1.51. The summed E-state index contributed by atoms with van der Waals surface area (Å²) in [5.41, 5.74) is 1.18. The molecule has 7 heteroatoms. The van der Waals surface area contributed by atoms with Crippen molar-refractivity contribution >= 4 is 10.0 Å². The molecule has 5 aliphatic rings. The van der Waals surface area contributed by atoms with Crippen LogP contribution in [0.2, 0.25) is 0 Å². The lowest BCUT2D eigenvalue weighted by Crippen LogP contribution is -2.60. The Bertz CT molecular complexity index is 819. The van der Waals surface area contributed by atoms with Crippen molar-refractivity contribution in [2.24, 2.45) is 5.92 Å². The number of rotatable bonds is 5. The Labute approximate surface area is 161 Å². The van der Waals surface area contributed by atoms with E-state index in [-0.39, 0.29) is 30.5 Å². The van der Waals surface area contributed by atoms with Gasteiger partial charge in [0.25, 0.3) is 0 Å². The van der Waals surface area contributed by atoms with E-state index in [1.165, 1.54) is 5.56 Å². The molecule has 148 valence electrons. The molecule has 0 saturated carbocycles. The van der Waals surface area contributed by atoms with Crippen molar-refractivity contribution in [2.45, 2.75) is 50.6 Å². The molecule has 6 rings (SSSR count). The number of sulfonamides is 1. The van der Waals surface area contributed by atoms with E-state index in [9.17, 15) is 8.42 Å². The molecule has 0 N–H and O–H groups in total. The minimum absolute atomic E-state index is 0.129. The van der Waals surface area contributed by atoms with Crippen molar-refractivity contribution in [3.8, 4) is 11.5 Å². The average molecular weight is 393 g/mol. The standard InChI is InChI=1S/C20H28N2O4S/c1-2-3-10-27(23,24)22-12-16(15-4-5-17-18(11-15)26-13-25-17)20-19(22)14-6-8-21(20)9-7-14/h4-5,11,14,16,19-20H,2-3,6-10,12-13H2,1H3/t16-,19+,20+/m1/s1. The topological polar surface area (TPSA) is 59.1 Å². The van der Waals surface area contributed by atoms with Crippen LogP contribution in [0.1, 0.15) is 44.1 Å². The monoisotopic (exact) mass is 392 g/mol. The molecule has 5 aliphatic heterocycles. The Morgan fingerprint density at radius 1 is 1.11 bits per heavy atom. The Kier molecular flexibility index (Phi) is 4.37. The SMILES string of the molecule is CCCCS(=O)(=O)N1C[C@H](c2ccc3c(c2)OCO3)[C@H]2[C@@H]1C1CCN2CC1. The second-order valence-corrected chi connectivity index (χ2v) is 10.4. The second-order valence-electron chi connectivity index (χ2n) is 8.31. The first kappa shape index (κ1) is 17.8. The number of unbranched alkanes of at least 4 members (excludes halogenated alkanes) is 1. The molecule has 6 nitrogen and oxygen atoms in total. The van der Waals surface area contributed by atoms with Crippen LogP contribution < -0.4 is 9.47 Å². The molecule has 0 amide bonds. The molecule has 2 bridgehead atoms. The zero-order valence-corrected chi connectivity index (χ0v) is 16.7. The third kappa shape index (κ3) is 2.86. The largest absolute Gasteiger partial charge is 0.454 e. The van der Waals surface area contributed by atoms with Crippen LogP contribution in [0.25, 0.3) is 0 Å². The third-order valence-electron chi connectivity index (χ3n) is 6.89. The Hall–Kier alpha value is -1.31. The summed E-state index contributed by atoms with van der Waals surface area (Å²) in [6.07, 6.45) is 3.88. The molecule has 27 heavy (non-hydrogen) atoms. The maximum Gasteiger partial charge on any atom is 0.231 e. The van der Waals surface area contributed by atoms with Gasteiger partial charge in [-0.2, -0.15) is 4.31 Å². The molecule has 0 aliphatic carbocycles. The smallest absolute Gasteiger partial charge is 0.231 e. The molecule has 0 spiro atoms. The second kappa shape index (κ2) is 6.64. The molecule has 1 aromatic carbocycles. The summed E-state index contributed by atoms with van der Waals surface area (Å²) in [5, 5.41) is 0. The summed E-state index contributed by atoms with van der Waals surface area (Å²) in [6.45, 7) is 5.09. The molecule has 1 aromatic rings. The summed E-state index contributed by atoms with van der Waals surface area (Å²) < 4.78 is 39.2. The van der Waals surface area contributed by atoms with E-state index in [4.69, 9.17) is 9.47 Å². The van der Waals surface area contributed by atoms with Gasteiger partial charge in [-0.3, -0.25) is 4.90 Å². The van der Waals surface area contributed by atoms with Crippen molar-refractivity contribution in [1.82, 2.24) is 9.21 Å². The van der Waals surface area contributed by atoms with Crippen LogP contribution in [-0.4, -0.2) is 61.9 Å². The predicted molar refractivity (Wildman–Crippen MR) is 103 cm³/mol. The van der Waals surface area contributed by atoms with Gasteiger partial charge in [0.15, 0.2) is 11.5 Å². The highest BCUT2D eigenvalue weighted by Gasteiger charge is 2.56. The first-order chi connectivity index (χ1) is 13.1. The number of ether oxygens (including phenoxy) is 2. The van der Waals surface area contributed by atoms with Crippen molar-refractivity contribution in [3.05, 3.63) is 23.8 Å². The number of hydrogen-bond acceptors (Lipinski definition) is 5. The van der Waals surface area contributed by atoms with Gasteiger partial charge in [0, 0.05) is 24.5 Å². The minimum atomic E-state index is -3.22. The number of nitrogens with zero attached hydrogens (tertiary/aromatic N) is 2. The summed E-state index contributed by atoms with van der Waals surface area (Å²) in [5.74, 6) is 2.53. The molecule has 4 fully saturated rings. The van der Waals surface area contributed by atoms with Crippen LogP contribution in [0.5, 0.6) is 11.5 Å². The van der Waals surface area contributed by atoms with Gasteiger partial charge in [-0.25, -0.2) is 8.42 Å². The lowest BCUT2D eigenvalue weighted by molar-refractivity contribution is 0.0123. The number of hydrogen-bond donors (Lipinski definition) is 0. The molecular weight excluding hydrogens is 364 g/mol. The lowest BCUT2D eigenvalue weighted by Gasteiger charge is -2.51. The van der Waals surface area contributed by atoms with E-state index >= 15 is 0 Å². The fourth-order valence-corrected chi connectivity index (χ4v) is 7.51. The predicted octanol–water partition coefficient (Wildman–Crippen LogP) is 2.41. The molecule has 5 heterocycles. The fourth-order valence-electron chi connectivity index (χ4n) is 5.56. The quantitative estimate of drug-likeness (QED) is 0.770. The van der Waals surface area contributed by atoms with Crippen LogP contribution in [-0.2, 0) is 10.0 Å². The number of piperidine rings is 3. The van der Waals surface area contributed by atoms with Crippen LogP contribution in [0.4, 0.5) is 0 Å². The molecule has 0 radical (unpaired) electrons. The van der Waals surface area contributed by atoms with E-state index in [2.05, 4.69) is 17.0 Å². The van der Waals surface area contributed by atoms with E-state index in [0.717, 1.165) is 50.3 Å². The summed E-state index contributed by atoms with van der Waals surface area (Å²) in [6, 6.07) is 6.55. The molecule has 3 atom stereocenters. The van der Waals surface area contributed by atoms with E-state index in [1.807, 2.05) is 17.3 Å². The van der Waals surface area contributed by atoms with Gasteiger partial charge in [0.2, 0.25) is 16.8 Å². The van der Waals surface area contributed by atoms with Crippen molar-refractivity contribution in [2.75, 3.05) is 32.2 Å². The summed E-state index contributed by atoms with van der Waals surface area (Å²) >= 11 is 0. The van der Waals surface area contributed by atoms with Crippen molar-refractivity contribution < 1.29 is 17.9 Å². The first-order valence-corrected chi connectivity index (χ1v) is 11.8. The molecular formula is C20H28N2O4S. The third-order valence-corrected chi connectivity index (χ3v) is 8.80. The number of benzene rings is 1. The first-order valence-electron chi connectivity index (χ1n) is 10.2. The maximum atomic E-state index is 13.1. The summed E-state index contributed by atoms with van der Waals surface area (Å²) in [7, 11) is -3.22. The van der Waals surface area contributed by atoms with Crippen LogP contribution in [0.3, 0.4) is 0 Å². The number of fused-ring (bicyclic) bond motifs is 3. The van der Waals surface area contributed by atoms with Gasteiger partial charge in [0.1, 0.15) is 0 Å². The molecule has 0 unspecified atom stereocenters. The molecule has 0 aromatic heterocycles. The van der Waals surface area contributed by atoms with Gasteiger partial charge in [0.05, 0.1) is 5.75 Å². The van der Waals surface area contributed by atoms with Gasteiger partial charge < -0.3 is 9.47 Å². The Morgan fingerprint density at radius 2 is 1.89 bits per heavy atom. The zero-order valence-electron chi connectivity index (χ0n) is 15.8. The fraction of sp³-hybridized carbons (Fsp3) is 0.700. The summed E-state index contributed by atoms with van der Waals surface area (Å²) in [4.78, 5) is 2.54. The normalized spacial score (nSPS) is 34.8. The van der Waals surface area contributed by atoms with Gasteiger partial charge >= 0.3 is 0 Å². The minimum Gasteiger partial charge on any atom is -0.454 e. The highest BCUT2D eigenvalue weighted by molar-refractivity contribution is 7.89. The van der Waals surface area contributed by atoms with Crippen LogP contribution in [0, 0.1) is 5.92 Å². The lowest BCUT2D eigenvalue weighted by atomic mass is 9.75. The van der Waals surface area contributed by atoms with Gasteiger partial charge in [-0.1, -0.05) is 19.4 Å². The van der Waals surface area contributed by atoms with E-state index < -0.39 is 10.0 Å². The van der Waals surface area contributed by atoms with Gasteiger partial charge in [-0.05, 0) is 56.0 Å². The highest BCUT2D eigenvalue weighted by Crippen LogP contribution is 2.48. The van der Waals surface area contributed by atoms with Gasteiger partial charge in [-0.15, -0.1) is 0 Å². The van der Waals surface area contributed by atoms with E-state index in [1.54, 1.807) is 0 Å². The van der Waals surface area contributed by atoms with Crippen molar-refractivity contribution in [3.63, 3.8) is 0 Å². The van der Waals surface area contributed by atoms with Crippen LogP contribution in [0.15, 0.2) is 18.2 Å². The molecule has 4 saturated heterocycles. The Morgan fingerprint density at radius 3 is 2.67 bits per heavy atom. The van der Waals surface area contributed by atoms with Crippen LogP contribution >= 0.6 is 0 Å². The zero-order chi connectivity index (χ0) is 18.6. The highest BCUT2D eigenvalue weighted by atomic mass is 32.2.